The Hall–Kier alpha value is -0.830. The minimum Gasteiger partial charge on any atom is -0.333 e. The number of hydrogen-bond acceptors (Lipinski definition) is 2. The van der Waals surface area contributed by atoms with Crippen molar-refractivity contribution < 1.29 is 0 Å². The van der Waals surface area contributed by atoms with Crippen LogP contribution in [-0.4, -0.2) is 22.6 Å². The summed E-state index contributed by atoms with van der Waals surface area (Å²) < 4.78 is 2.26. The molecule has 0 aliphatic heterocycles. The summed E-state index contributed by atoms with van der Waals surface area (Å²) in [5.41, 5.74) is 0. The molecule has 0 radical (unpaired) electrons. The molecule has 1 N–H and O–H groups in total. The highest BCUT2D eigenvalue weighted by Gasteiger charge is 2.33. The first-order valence-electron chi connectivity index (χ1n) is 5.87. The van der Waals surface area contributed by atoms with Crippen LogP contribution in [0, 0.1) is 11.8 Å². The van der Waals surface area contributed by atoms with Gasteiger partial charge in [0.05, 0.1) is 12.4 Å². The van der Waals surface area contributed by atoms with Crippen molar-refractivity contribution in [1.82, 2.24) is 14.9 Å². The highest BCUT2D eigenvalue weighted by Crippen LogP contribution is 2.36. The van der Waals surface area contributed by atoms with E-state index in [1.807, 2.05) is 12.5 Å². The molecular formula is C12H21N3. The third-order valence-electron chi connectivity index (χ3n) is 3.67. The Labute approximate surface area is 91.9 Å². The van der Waals surface area contributed by atoms with Crippen LogP contribution in [0.4, 0.5) is 0 Å². The molecule has 1 fully saturated rings. The molecule has 1 aromatic heterocycles. The zero-order chi connectivity index (χ0) is 10.8. The van der Waals surface area contributed by atoms with Crippen molar-refractivity contribution >= 4 is 0 Å². The van der Waals surface area contributed by atoms with Gasteiger partial charge in [0, 0.05) is 18.4 Å². The first-order valence-corrected chi connectivity index (χ1v) is 5.87. The van der Waals surface area contributed by atoms with Crippen LogP contribution in [-0.2, 0) is 0 Å². The number of rotatable bonds is 2. The Balaban J connectivity index is 2.20. The van der Waals surface area contributed by atoms with E-state index < -0.39 is 0 Å². The fourth-order valence-electron chi connectivity index (χ4n) is 3.08. The molecule has 0 aromatic carbocycles. The summed E-state index contributed by atoms with van der Waals surface area (Å²) in [4.78, 5) is 4.15. The van der Waals surface area contributed by atoms with Crippen LogP contribution >= 0.6 is 0 Å². The van der Waals surface area contributed by atoms with Gasteiger partial charge in [0.1, 0.15) is 0 Å². The van der Waals surface area contributed by atoms with Crippen molar-refractivity contribution in [1.29, 1.82) is 0 Å². The van der Waals surface area contributed by atoms with E-state index in [1.165, 1.54) is 12.8 Å². The van der Waals surface area contributed by atoms with Gasteiger partial charge in [0.2, 0.25) is 0 Å². The van der Waals surface area contributed by atoms with Gasteiger partial charge in [0.25, 0.3) is 0 Å². The molecule has 0 amide bonds. The Bertz CT molecular complexity index is 294. The predicted molar refractivity (Wildman–Crippen MR) is 61.7 cm³/mol. The van der Waals surface area contributed by atoms with E-state index >= 15 is 0 Å². The van der Waals surface area contributed by atoms with Gasteiger partial charge >= 0.3 is 0 Å². The lowest BCUT2D eigenvalue weighted by Crippen LogP contribution is -2.43. The van der Waals surface area contributed by atoms with Crippen molar-refractivity contribution in [3.05, 3.63) is 18.7 Å². The molecular weight excluding hydrogens is 186 g/mol. The van der Waals surface area contributed by atoms with Gasteiger partial charge < -0.3 is 9.88 Å². The lowest BCUT2D eigenvalue weighted by atomic mass is 9.76. The molecule has 1 saturated carbocycles. The van der Waals surface area contributed by atoms with Crippen molar-refractivity contribution in [2.75, 3.05) is 7.05 Å². The summed E-state index contributed by atoms with van der Waals surface area (Å²) in [5, 5.41) is 3.45. The lowest BCUT2D eigenvalue weighted by Gasteiger charge is -2.40. The molecule has 3 nitrogen and oxygen atoms in total. The maximum absolute atomic E-state index is 4.15. The fourth-order valence-corrected chi connectivity index (χ4v) is 3.08. The van der Waals surface area contributed by atoms with Crippen LogP contribution in [0.1, 0.15) is 32.7 Å². The zero-order valence-corrected chi connectivity index (χ0v) is 9.85. The maximum atomic E-state index is 4.15. The average molecular weight is 207 g/mol. The molecule has 1 aromatic rings. The second-order valence-corrected chi connectivity index (χ2v) is 4.95. The summed E-state index contributed by atoms with van der Waals surface area (Å²) >= 11 is 0. The minimum absolute atomic E-state index is 0.564. The number of hydrogen-bond donors (Lipinski definition) is 1. The van der Waals surface area contributed by atoms with Gasteiger partial charge in [-0.05, 0) is 31.7 Å². The summed E-state index contributed by atoms with van der Waals surface area (Å²) in [6, 6.07) is 1.15. The van der Waals surface area contributed by atoms with E-state index in [0.29, 0.717) is 12.1 Å². The Morgan fingerprint density at radius 1 is 1.33 bits per heavy atom. The summed E-state index contributed by atoms with van der Waals surface area (Å²) in [5.74, 6) is 1.55. The molecule has 3 heteroatoms. The predicted octanol–water partition coefficient (Wildman–Crippen LogP) is 2.08. The topological polar surface area (TPSA) is 29.9 Å². The second-order valence-electron chi connectivity index (χ2n) is 4.95. The second kappa shape index (κ2) is 4.35. The molecule has 1 aliphatic rings. The van der Waals surface area contributed by atoms with Crippen LogP contribution in [0.2, 0.25) is 0 Å². The van der Waals surface area contributed by atoms with Gasteiger partial charge in [0.15, 0.2) is 0 Å². The van der Waals surface area contributed by atoms with Crippen LogP contribution in [0.5, 0.6) is 0 Å². The van der Waals surface area contributed by atoms with Gasteiger partial charge in [-0.25, -0.2) is 4.98 Å². The van der Waals surface area contributed by atoms with Crippen molar-refractivity contribution in [2.45, 2.75) is 38.8 Å². The third kappa shape index (κ3) is 2.07. The van der Waals surface area contributed by atoms with E-state index in [2.05, 4.69) is 42.0 Å². The number of likely N-dealkylation sites (N-methyl/N-ethyl adjacent to an activating group) is 1. The summed E-state index contributed by atoms with van der Waals surface area (Å²) in [7, 11) is 2.07. The molecule has 0 spiro atoms. The van der Waals surface area contributed by atoms with E-state index in [0.717, 1.165) is 11.8 Å². The Kier molecular flexibility index (Phi) is 3.10. The monoisotopic (exact) mass is 207 g/mol. The Morgan fingerprint density at radius 3 is 2.73 bits per heavy atom. The van der Waals surface area contributed by atoms with Gasteiger partial charge in [-0.2, -0.15) is 0 Å². The van der Waals surface area contributed by atoms with Crippen LogP contribution in [0.25, 0.3) is 0 Å². The van der Waals surface area contributed by atoms with E-state index in [9.17, 15) is 0 Å². The number of aromatic nitrogens is 2. The first-order chi connectivity index (χ1) is 7.22. The quantitative estimate of drug-likeness (QED) is 0.804. The minimum atomic E-state index is 0.564. The molecule has 0 bridgehead atoms. The number of imidazole rings is 1. The first kappa shape index (κ1) is 10.7. The van der Waals surface area contributed by atoms with Crippen molar-refractivity contribution in [3.63, 3.8) is 0 Å². The molecule has 4 unspecified atom stereocenters. The summed E-state index contributed by atoms with van der Waals surface area (Å²) in [6.07, 6.45) is 8.49. The van der Waals surface area contributed by atoms with E-state index in [1.54, 1.807) is 0 Å². The van der Waals surface area contributed by atoms with Crippen LogP contribution in [0.3, 0.4) is 0 Å². The number of nitrogens with one attached hydrogen (secondary N) is 1. The molecule has 15 heavy (non-hydrogen) atoms. The SMILES string of the molecule is CNC1CC(C)CC(C)C1n1ccnc1. The molecule has 2 rings (SSSR count). The molecule has 1 aliphatic carbocycles. The highest BCUT2D eigenvalue weighted by molar-refractivity contribution is 4.94. The normalized spacial score (nSPS) is 36.7. The average Bonchev–Trinajstić information content (AvgIpc) is 2.69. The van der Waals surface area contributed by atoms with Crippen LogP contribution in [0.15, 0.2) is 18.7 Å². The van der Waals surface area contributed by atoms with Gasteiger partial charge in [-0.3, -0.25) is 0 Å². The smallest absolute Gasteiger partial charge is 0.0949 e. The van der Waals surface area contributed by atoms with Crippen molar-refractivity contribution in [3.8, 4) is 0 Å². The maximum Gasteiger partial charge on any atom is 0.0949 e. The lowest BCUT2D eigenvalue weighted by molar-refractivity contribution is 0.159. The van der Waals surface area contributed by atoms with E-state index in [4.69, 9.17) is 0 Å². The summed E-state index contributed by atoms with van der Waals surface area (Å²) in [6.45, 7) is 4.70. The van der Waals surface area contributed by atoms with Gasteiger partial charge in [-0.15, -0.1) is 0 Å². The molecule has 0 saturated heterocycles. The third-order valence-corrected chi connectivity index (χ3v) is 3.67. The standard InChI is InChI=1S/C12H21N3/c1-9-6-10(2)12(11(7-9)13-3)15-5-4-14-8-15/h4-5,8-13H,6-7H2,1-3H3. The van der Waals surface area contributed by atoms with Crippen molar-refractivity contribution in [2.24, 2.45) is 11.8 Å². The largest absolute Gasteiger partial charge is 0.333 e. The van der Waals surface area contributed by atoms with Crippen LogP contribution < -0.4 is 5.32 Å². The number of nitrogens with zero attached hydrogens (tertiary/aromatic N) is 2. The fraction of sp³-hybridized carbons (Fsp3) is 0.750. The highest BCUT2D eigenvalue weighted by atomic mass is 15.1. The molecule has 84 valence electrons. The van der Waals surface area contributed by atoms with E-state index in [-0.39, 0.29) is 0 Å². The van der Waals surface area contributed by atoms with Gasteiger partial charge in [-0.1, -0.05) is 13.8 Å². The molecule has 4 atom stereocenters. The molecule has 1 heterocycles. The zero-order valence-electron chi connectivity index (χ0n) is 9.85. The Morgan fingerprint density at radius 2 is 2.13 bits per heavy atom.